The number of benzene rings is 1. The Kier molecular flexibility index (Phi) is 6.00. The fraction of sp³-hybridized carbons (Fsp3) is 0.353. The van der Waals surface area contributed by atoms with Crippen LogP contribution in [0, 0.1) is 0 Å². The highest BCUT2D eigenvalue weighted by Gasteiger charge is 2.13. The molecule has 9 heteroatoms. The highest BCUT2D eigenvalue weighted by atomic mass is 32.2. The zero-order chi connectivity index (χ0) is 18.5. The van der Waals surface area contributed by atoms with E-state index in [1.165, 1.54) is 28.7 Å². The van der Waals surface area contributed by atoms with E-state index in [0.29, 0.717) is 16.2 Å². The molecule has 26 heavy (non-hydrogen) atoms. The Morgan fingerprint density at radius 2 is 2.08 bits per heavy atom. The molecule has 1 aromatic carbocycles. The van der Waals surface area contributed by atoms with Crippen LogP contribution in [0.15, 0.2) is 35.6 Å². The van der Waals surface area contributed by atoms with E-state index in [9.17, 15) is 4.79 Å². The molecule has 1 N–H and O–H groups in total. The number of hydrogen-bond acceptors (Lipinski definition) is 7. The van der Waals surface area contributed by atoms with Gasteiger partial charge in [-0.25, -0.2) is 4.98 Å². The molecule has 0 bridgehead atoms. The van der Waals surface area contributed by atoms with Crippen LogP contribution in [0.3, 0.4) is 0 Å². The zero-order valence-electron chi connectivity index (χ0n) is 14.8. The normalized spacial score (nSPS) is 11.1. The summed E-state index contributed by atoms with van der Waals surface area (Å²) in [6.07, 6.45) is 2.70. The number of nitrogens with zero attached hydrogens (tertiary/aromatic N) is 5. The third-order valence-corrected chi connectivity index (χ3v) is 5.70. The Labute approximate surface area is 160 Å². The summed E-state index contributed by atoms with van der Waals surface area (Å²) in [5.41, 5.74) is 2.13. The first-order chi connectivity index (χ1) is 12.6. The fourth-order valence-corrected chi connectivity index (χ4v) is 3.70. The zero-order valence-corrected chi connectivity index (χ0v) is 16.5. The van der Waals surface area contributed by atoms with E-state index in [4.69, 9.17) is 0 Å². The average Bonchev–Trinajstić information content (AvgIpc) is 3.29. The molecule has 2 heterocycles. The number of anilines is 1. The first-order valence-corrected chi connectivity index (χ1v) is 10.1. The van der Waals surface area contributed by atoms with E-state index >= 15 is 0 Å². The SMILES string of the molecule is CCc1cnc(NC(=O)CSc2nnnn2-c2ccc(C(C)C)cc2)s1. The molecule has 0 fully saturated rings. The van der Waals surface area contributed by atoms with Gasteiger partial charge in [-0.1, -0.05) is 44.7 Å². The van der Waals surface area contributed by atoms with Crippen molar-refractivity contribution in [3.63, 3.8) is 0 Å². The summed E-state index contributed by atoms with van der Waals surface area (Å²) >= 11 is 2.78. The number of aryl methyl sites for hydroxylation is 1. The first-order valence-electron chi connectivity index (χ1n) is 8.33. The molecule has 0 radical (unpaired) electrons. The second-order valence-corrected chi connectivity index (χ2v) is 8.00. The van der Waals surface area contributed by atoms with Crippen LogP contribution in [0.2, 0.25) is 0 Å². The maximum Gasteiger partial charge on any atom is 0.236 e. The van der Waals surface area contributed by atoms with Gasteiger partial charge in [0.15, 0.2) is 5.13 Å². The van der Waals surface area contributed by atoms with E-state index in [2.05, 4.69) is 58.7 Å². The minimum Gasteiger partial charge on any atom is -0.301 e. The van der Waals surface area contributed by atoms with Gasteiger partial charge in [0.1, 0.15) is 0 Å². The van der Waals surface area contributed by atoms with E-state index in [1.807, 2.05) is 12.1 Å². The van der Waals surface area contributed by atoms with Crippen LogP contribution < -0.4 is 5.32 Å². The molecule has 0 spiro atoms. The monoisotopic (exact) mass is 388 g/mol. The average molecular weight is 389 g/mol. The van der Waals surface area contributed by atoms with Crippen LogP contribution in [0.4, 0.5) is 5.13 Å². The van der Waals surface area contributed by atoms with Crippen molar-refractivity contribution < 1.29 is 4.79 Å². The molecule has 0 aliphatic carbocycles. The van der Waals surface area contributed by atoms with Gasteiger partial charge < -0.3 is 5.32 Å². The second kappa shape index (κ2) is 8.41. The van der Waals surface area contributed by atoms with Gasteiger partial charge in [0, 0.05) is 11.1 Å². The van der Waals surface area contributed by atoms with Crippen molar-refractivity contribution in [2.45, 2.75) is 38.3 Å². The lowest BCUT2D eigenvalue weighted by molar-refractivity contribution is -0.113. The van der Waals surface area contributed by atoms with Gasteiger partial charge >= 0.3 is 0 Å². The van der Waals surface area contributed by atoms with Crippen LogP contribution in [-0.2, 0) is 11.2 Å². The topological polar surface area (TPSA) is 85.6 Å². The lowest BCUT2D eigenvalue weighted by atomic mass is 10.0. The lowest BCUT2D eigenvalue weighted by Crippen LogP contribution is -2.14. The number of aromatic nitrogens is 5. The van der Waals surface area contributed by atoms with Gasteiger partial charge in [-0.2, -0.15) is 4.68 Å². The molecular formula is C17H20N6OS2. The number of carbonyl (C=O) groups excluding carboxylic acids is 1. The first kappa shape index (κ1) is 18.5. The van der Waals surface area contributed by atoms with Crippen LogP contribution >= 0.6 is 23.1 Å². The van der Waals surface area contributed by atoms with Gasteiger partial charge in [0.2, 0.25) is 11.1 Å². The molecule has 3 rings (SSSR count). The number of hydrogen-bond donors (Lipinski definition) is 1. The molecule has 136 valence electrons. The number of nitrogens with one attached hydrogen (secondary N) is 1. The highest BCUT2D eigenvalue weighted by Crippen LogP contribution is 2.22. The second-order valence-electron chi connectivity index (χ2n) is 5.94. The van der Waals surface area contributed by atoms with Crippen LogP contribution in [0.25, 0.3) is 5.69 Å². The van der Waals surface area contributed by atoms with E-state index in [0.717, 1.165) is 17.0 Å². The fourth-order valence-electron chi connectivity index (χ4n) is 2.25. The van der Waals surface area contributed by atoms with Crippen LogP contribution in [-0.4, -0.2) is 36.9 Å². The number of thioether (sulfide) groups is 1. The van der Waals surface area contributed by atoms with Crippen molar-refractivity contribution in [1.82, 2.24) is 25.2 Å². The van der Waals surface area contributed by atoms with Gasteiger partial charge in [0.05, 0.1) is 11.4 Å². The van der Waals surface area contributed by atoms with E-state index in [-0.39, 0.29) is 11.7 Å². The molecule has 0 unspecified atom stereocenters. The Hall–Kier alpha value is -2.26. The molecule has 2 aromatic heterocycles. The molecule has 0 saturated carbocycles. The number of carbonyl (C=O) groups is 1. The van der Waals surface area contributed by atoms with E-state index in [1.54, 1.807) is 10.9 Å². The minimum absolute atomic E-state index is 0.128. The molecule has 3 aromatic rings. The summed E-state index contributed by atoms with van der Waals surface area (Å²) in [7, 11) is 0. The molecule has 1 amide bonds. The minimum atomic E-state index is -0.128. The Bertz CT molecular complexity index is 872. The van der Waals surface area contributed by atoms with Crippen LogP contribution in [0.5, 0.6) is 0 Å². The van der Waals surface area contributed by atoms with Gasteiger partial charge in [-0.05, 0) is 40.5 Å². The van der Waals surface area contributed by atoms with Crippen molar-refractivity contribution in [2.75, 3.05) is 11.1 Å². The van der Waals surface area contributed by atoms with E-state index < -0.39 is 0 Å². The maximum absolute atomic E-state index is 12.1. The van der Waals surface area contributed by atoms with Crippen molar-refractivity contribution in [3.8, 4) is 5.69 Å². The molecule has 0 aliphatic rings. The number of amides is 1. The smallest absolute Gasteiger partial charge is 0.236 e. The van der Waals surface area contributed by atoms with Crippen molar-refractivity contribution in [2.24, 2.45) is 0 Å². The lowest BCUT2D eigenvalue weighted by Gasteiger charge is -2.07. The highest BCUT2D eigenvalue weighted by molar-refractivity contribution is 7.99. The quantitative estimate of drug-likeness (QED) is 0.623. The number of thiazole rings is 1. The molecule has 7 nitrogen and oxygen atoms in total. The summed E-state index contributed by atoms with van der Waals surface area (Å²) in [5.74, 6) is 0.553. The molecule has 0 aliphatic heterocycles. The summed E-state index contributed by atoms with van der Waals surface area (Å²) < 4.78 is 1.64. The Balaban J connectivity index is 1.62. The molecule has 0 atom stereocenters. The predicted molar refractivity (Wildman–Crippen MR) is 104 cm³/mol. The Morgan fingerprint density at radius 3 is 2.73 bits per heavy atom. The largest absolute Gasteiger partial charge is 0.301 e. The summed E-state index contributed by atoms with van der Waals surface area (Å²) in [5, 5.41) is 15.8. The van der Waals surface area contributed by atoms with Gasteiger partial charge in [-0.3, -0.25) is 4.79 Å². The Morgan fingerprint density at radius 1 is 1.31 bits per heavy atom. The van der Waals surface area contributed by atoms with Crippen molar-refractivity contribution in [1.29, 1.82) is 0 Å². The number of rotatable bonds is 7. The molecule has 0 saturated heterocycles. The third kappa shape index (κ3) is 4.47. The summed E-state index contributed by atoms with van der Waals surface area (Å²) in [6.45, 7) is 6.36. The molecular weight excluding hydrogens is 368 g/mol. The van der Waals surface area contributed by atoms with Crippen molar-refractivity contribution >= 4 is 34.1 Å². The number of tetrazole rings is 1. The third-order valence-electron chi connectivity index (χ3n) is 3.73. The maximum atomic E-state index is 12.1. The predicted octanol–water partition coefficient (Wildman–Crippen LogP) is 3.54. The van der Waals surface area contributed by atoms with Crippen molar-refractivity contribution in [3.05, 3.63) is 40.9 Å². The summed E-state index contributed by atoms with van der Waals surface area (Å²) in [6, 6.07) is 8.10. The standard InChI is InChI=1S/C17H20N6OS2/c1-4-14-9-18-16(26-14)19-15(24)10-25-17-20-21-22-23(17)13-7-5-12(6-8-13)11(2)3/h5-9,11H,4,10H2,1-3H3,(H,18,19,24). The van der Waals surface area contributed by atoms with Gasteiger partial charge in [0.25, 0.3) is 0 Å². The van der Waals surface area contributed by atoms with Gasteiger partial charge in [-0.15, -0.1) is 16.4 Å². The van der Waals surface area contributed by atoms with Crippen LogP contribution in [0.1, 0.15) is 37.1 Å². The summed E-state index contributed by atoms with van der Waals surface area (Å²) in [4.78, 5) is 17.5.